The van der Waals surface area contributed by atoms with Gasteiger partial charge in [0, 0.05) is 32.0 Å². The molecule has 3 saturated heterocycles. The van der Waals surface area contributed by atoms with Crippen molar-refractivity contribution in [2.45, 2.75) is 44.5 Å². The highest BCUT2D eigenvalue weighted by molar-refractivity contribution is 5.80. The fourth-order valence-electron chi connectivity index (χ4n) is 4.05. The summed E-state index contributed by atoms with van der Waals surface area (Å²) >= 11 is 0. The Morgan fingerprint density at radius 3 is 3.00 bits per heavy atom. The van der Waals surface area contributed by atoms with Crippen LogP contribution in [-0.2, 0) is 25.6 Å². The van der Waals surface area contributed by atoms with E-state index in [1.807, 2.05) is 24.2 Å². The Hall–Kier alpha value is -1.50. The molecule has 0 unspecified atom stereocenters. The number of rotatable bonds is 4. The first-order chi connectivity index (χ1) is 12.1. The topological polar surface area (TPSA) is 60.9 Å². The van der Waals surface area contributed by atoms with E-state index in [0.717, 1.165) is 30.4 Å². The van der Waals surface area contributed by atoms with E-state index in [4.69, 9.17) is 14.2 Å². The maximum atomic E-state index is 12.4. The fraction of sp³-hybridized carbons (Fsp3) is 0.684. The average molecular weight is 346 g/mol. The lowest BCUT2D eigenvalue weighted by atomic mass is 9.84. The van der Waals surface area contributed by atoms with Gasteiger partial charge < -0.3 is 19.1 Å². The summed E-state index contributed by atoms with van der Waals surface area (Å²) in [5, 5.41) is 0. The smallest absolute Gasteiger partial charge is 0.228 e. The molecule has 6 nitrogen and oxygen atoms in total. The molecule has 0 saturated carbocycles. The predicted molar refractivity (Wildman–Crippen MR) is 91.0 cm³/mol. The van der Waals surface area contributed by atoms with Crippen molar-refractivity contribution in [2.75, 3.05) is 32.9 Å². The molecule has 1 spiro atoms. The van der Waals surface area contributed by atoms with Gasteiger partial charge >= 0.3 is 0 Å². The zero-order chi connectivity index (χ0) is 17.3. The number of carbonyl (C=O) groups excluding carboxylic acids is 1. The third-order valence-electron chi connectivity index (χ3n) is 5.41. The van der Waals surface area contributed by atoms with E-state index in [9.17, 15) is 4.79 Å². The van der Waals surface area contributed by atoms with Crippen LogP contribution in [0.4, 0.5) is 0 Å². The van der Waals surface area contributed by atoms with Crippen LogP contribution in [0, 0.1) is 12.8 Å². The highest BCUT2D eigenvalue weighted by Crippen LogP contribution is 2.36. The monoisotopic (exact) mass is 346 g/mol. The third kappa shape index (κ3) is 3.71. The second-order valence-corrected chi connectivity index (χ2v) is 7.58. The third-order valence-corrected chi connectivity index (χ3v) is 5.41. The van der Waals surface area contributed by atoms with Crippen molar-refractivity contribution in [1.29, 1.82) is 0 Å². The van der Waals surface area contributed by atoms with Gasteiger partial charge in [-0.15, -0.1) is 0 Å². The summed E-state index contributed by atoms with van der Waals surface area (Å²) in [4.78, 5) is 18.6. The molecule has 1 aromatic rings. The Labute approximate surface area is 148 Å². The van der Waals surface area contributed by atoms with Crippen LogP contribution in [0.5, 0.6) is 0 Å². The first-order valence-electron chi connectivity index (χ1n) is 9.16. The van der Waals surface area contributed by atoms with Crippen LogP contribution >= 0.6 is 0 Å². The SMILES string of the molecule is Cc1cncc(CO[C@@H]2CCOC3(C2)CN(C(=O)[C@@H]2CCOC2)C3)c1. The van der Waals surface area contributed by atoms with Crippen LogP contribution < -0.4 is 0 Å². The lowest BCUT2D eigenvalue weighted by Crippen LogP contribution is -2.68. The molecule has 3 aliphatic heterocycles. The summed E-state index contributed by atoms with van der Waals surface area (Å²) in [6, 6.07) is 2.11. The summed E-state index contributed by atoms with van der Waals surface area (Å²) < 4.78 is 17.5. The number of hydrogen-bond donors (Lipinski definition) is 0. The van der Waals surface area contributed by atoms with Gasteiger partial charge in [-0.05, 0) is 30.9 Å². The number of aryl methyl sites for hydroxylation is 1. The van der Waals surface area contributed by atoms with E-state index in [2.05, 4.69) is 11.1 Å². The molecule has 0 aliphatic carbocycles. The molecular weight excluding hydrogens is 320 g/mol. The molecular formula is C19H26N2O4. The minimum Gasteiger partial charge on any atom is -0.381 e. The van der Waals surface area contributed by atoms with E-state index in [1.54, 1.807) is 0 Å². The van der Waals surface area contributed by atoms with Gasteiger partial charge in [0.15, 0.2) is 0 Å². The molecule has 4 heterocycles. The zero-order valence-electron chi connectivity index (χ0n) is 14.8. The van der Waals surface area contributed by atoms with Gasteiger partial charge in [-0.2, -0.15) is 0 Å². The summed E-state index contributed by atoms with van der Waals surface area (Å²) in [5.74, 6) is 0.266. The van der Waals surface area contributed by atoms with Crippen molar-refractivity contribution in [3.05, 3.63) is 29.6 Å². The number of ether oxygens (including phenoxy) is 3. The zero-order valence-corrected chi connectivity index (χ0v) is 14.8. The quantitative estimate of drug-likeness (QED) is 0.830. The van der Waals surface area contributed by atoms with Crippen molar-refractivity contribution in [3.63, 3.8) is 0 Å². The van der Waals surface area contributed by atoms with E-state index < -0.39 is 0 Å². The highest BCUT2D eigenvalue weighted by Gasteiger charge is 2.50. The van der Waals surface area contributed by atoms with Gasteiger partial charge in [-0.25, -0.2) is 0 Å². The first-order valence-corrected chi connectivity index (χ1v) is 9.16. The molecule has 3 fully saturated rings. The number of aromatic nitrogens is 1. The van der Waals surface area contributed by atoms with Crippen LogP contribution in [0.15, 0.2) is 18.5 Å². The average Bonchev–Trinajstić information content (AvgIpc) is 3.12. The molecule has 1 aromatic heterocycles. The molecule has 3 aliphatic rings. The van der Waals surface area contributed by atoms with Crippen molar-refractivity contribution in [3.8, 4) is 0 Å². The number of carbonyl (C=O) groups is 1. The van der Waals surface area contributed by atoms with Gasteiger partial charge in [0.05, 0.1) is 38.3 Å². The highest BCUT2D eigenvalue weighted by atomic mass is 16.5. The maximum Gasteiger partial charge on any atom is 0.228 e. The standard InChI is InChI=1S/C19H26N2O4/c1-14-6-15(9-20-8-14)10-24-17-3-5-25-19(7-17)12-21(13-19)18(22)16-2-4-23-11-16/h6,8-9,16-17H,2-5,7,10-13H2,1H3/t16-,17-/m1/s1. The van der Waals surface area contributed by atoms with Crippen molar-refractivity contribution in [2.24, 2.45) is 5.92 Å². The number of likely N-dealkylation sites (tertiary alicyclic amines) is 1. The molecule has 1 amide bonds. The van der Waals surface area contributed by atoms with Crippen molar-refractivity contribution >= 4 is 5.91 Å². The second kappa shape index (κ2) is 7.02. The van der Waals surface area contributed by atoms with Crippen LogP contribution in [0.2, 0.25) is 0 Å². The Morgan fingerprint density at radius 1 is 1.36 bits per heavy atom. The largest absolute Gasteiger partial charge is 0.381 e. The van der Waals surface area contributed by atoms with Gasteiger partial charge in [-0.3, -0.25) is 9.78 Å². The number of amides is 1. The van der Waals surface area contributed by atoms with Crippen molar-refractivity contribution < 1.29 is 19.0 Å². The van der Waals surface area contributed by atoms with Crippen LogP contribution in [0.3, 0.4) is 0 Å². The minimum absolute atomic E-state index is 0.0433. The van der Waals surface area contributed by atoms with Gasteiger partial charge in [0.2, 0.25) is 5.91 Å². The summed E-state index contributed by atoms with van der Waals surface area (Å²) in [7, 11) is 0. The Morgan fingerprint density at radius 2 is 2.24 bits per heavy atom. The van der Waals surface area contributed by atoms with E-state index in [0.29, 0.717) is 39.5 Å². The first kappa shape index (κ1) is 16.9. The van der Waals surface area contributed by atoms with Crippen LogP contribution in [0.1, 0.15) is 30.4 Å². The van der Waals surface area contributed by atoms with Crippen LogP contribution in [0.25, 0.3) is 0 Å². The summed E-state index contributed by atoms with van der Waals surface area (Å²) in [6.45, 7) is 5.97. The lowest BCUT2D eigenvalue weighted by Gasteiger charge is -2.53. The van der Waals surface area contributed by atoms with Crippen molar-refractivity contribution in [1.82, 2.24) is 9.88 Å². The normalized spacial score (nSPS) is 28.1. The summed E-state index contributed by atoms with van der Waals surface area (Å²) in [5.41, 5.74) is 2.05. The Balaban J connectivity index is 1.28. The number of pyridine rings is 1. The Bertz CT molecular complexity index is 624. The Kier molecular flexibility index (Phi) is 4.75. The molecule has 0 N–H and O–H groups in total. The predicted octanol–water partition coefficient (Wildman–Crippen LogP) is 1.70. The van der Waals surface area contributed by atoms with Crippen LogP contribution in [-0.4, -0.2) is 60.4 Å². The number of nitrogens with zero attached hydrogens (tertiary/aromatic N) is 2. The van der Waals surface area contributed by atoms with E-state index in [1.165, 1.54) is 0 Å². The molecule has 4 rings (SSSR count). The number of hydrogen-bond acceptors (Lipinski definition) is 5. The van der Waals surface area contributed by atoms with Gasteiger partial charge in [-0.1, -0.05) is 6.07 Å². The lowest BCUT2D eigenvalue weighted by molar-refractivity contribution is -0.204. The molecule has 6 heteroatoms. The minimum atomic E-state index is -0.205. The fourth-order valence-corrected chi connectivity index (χ4v) is 4.05. The molecule has 136 valence electrons. The summed E-state index contributed by atoms with van der Waals surface area (Å²) in [6.07, 6.45) is 6.50. The molecule has 25 heavy (non-hydrogen) atoms. The van der Waals surface area contributed by atoms with Gasteiger partial charge in [0.1, 0.15) is 5.60 Å². The molecule has 0 bridgehead atoms. The van der Waals surface area contributed by atoms with E-state index >= 15 is 0 Å². The van der Waals surface area contributed by atoms with Gasteiger partial charge in [0.25, 0.3) is 0 Å². The molecule has 2 atom stereocenters. The van der Waals surface area contributed by atoms with E-state index in [-0.39, 0.29) is 23.5 Å². The molecule has 0 radical (unpaired) electrons. The molecule has 0 aromatic carbocycles. The second-order valence-electron chi connectivity index (χ2n) is 7.58. The maximum absolute atomic E-state index is 12.4.